The molecule has 1 saturated heterocycles. The number of nitrogens with zero attached hydrogens (tertiary/aromatic N) is 1. The van der Waals surface area contributed by atoms with Crippen molar-refractivity contribution in [2.45, 2.75) is 52.1 Å². The second-order valence-corrected chi connectivity index (χ2v) is 10.2. The number of aryl methyl sites for hydroxylation is 1. The molecule has 1 aliphatic rings. The standard InChI is InChI=1S/C28H34N4O4/c1-17-8-10-19(30-26(33)22-13-18(28(2,3)4)9-11-25(22)35-5)14-21(17)23-15-24(32-31-23)27(34)29-16-20-7-6-12-36-20/h8-11,13-15,20H,6-7,12,16H2,1-5H3,(H,29,34)(H,30,33)(H,31,32). The molecule has 190 valence electrons. The molecular weight excluding hydrogens is 456 g/mol. The summed E-state index contributed by atoms with van der Waals surface area (Å²) in [6.07, 6.45) is 2.05. The number of aromatic nitrogens is 2. The quantitative estimate of drug-likeness (QED) is 0.439. The molecule has 2 aromatic carbocycles. The maximum absolute atomic E-state index is 13.2. The molecule has 0 radical (unpaired) electrons. The van der Waals surface area contributed by atoms with Crippen molar-refractivity contribution >= 4 is 17.5 Å². The Bertz CT molecular complexity index is 1250. The number of hydrogen-bond donors (Lipinski definition) is 3. The van der Waals surface area contributed by atoms with Gasteiger partial charge in [-0.25, -0.2) is 0 Å². The summed E-state index contributed by atoms with van der Waals surface area (Å²) in [6, 6.07) is 13.0. The Kier molecular flexibility index (Phi) is 7.45. The molecule has 1 aromatic heterocycles. The van der Waals surface area contributed by atoms with Crippen molar-refractivity contribution in [2.75, 3.05) is 25.6 Å². The summed E-state index contributed by atoms with van der Waals surface area (Å²) >= 11 is 0. The minimum atomic E-state index is -0.260. The maximum atomic E-state index is 13.2. The van der Waals surface area contributed by atoms with Gasteiger partial charge in [-0.15, -0.1) is 0 Å². The number of aromatic amines is 1. The van der Waals surface area contributed by atoms with E-state index < -0.39 is 0 Å². The summed E-state index contributed by atoms with van der Waals surface area (Å²) in [5.41, 5.74) is 4.81. The highest BCUT2D eigenvalue weighted by molar-refractivity contribution is 6.06. The topological polar surface area (TPSA) is 105 Å². The van der Waals surface area contributed by atoms with E-state index in [2.05, 4.69) is 41.6 Å². The zero-order chi connectivity index (χ0) is 25.9. The van der Waals surface area contributed by atoms with Gasteiger partial charge in [0.1, 0.15) is 11.4 Å². The van der Waals surface area contributed by atoms with Crippen molar-refractivity contribution in [1.82, 2.24) is 15.5 Å². The molecule has 1 atom stereocenters. The molecule has 3 N–H and O–H groups in total. The molecule has 0 aliphatic carbocycles. The van der Waals surface area contributed by atoms with Crippen LogP contribution in [-0.2, 0) is 10.2 Å². The van der Waals surface area contributed by atoms with Crippen LogP contribution in [0.4, 0.5) is 5.69 Å². The van der Waals surface area contributed by atoms with E-state index in [1.807, 2.05) is 43.3 Å². The van der Waals surface area contributed by atoms with Crippen LogP contribution in [0.1, 0.15) is 65.6 Å². The van der Waals surface area contributed by atoms with Crippen molar-refractivity contribution in [3.05, 3.63) is 64.8 Å². The van der Waals surface area contributed by atoms with Crippen LogP contribution in [-0.4, -0.2) is 48.4 Å². The SMILES string of the molecule is COc1ccc(C(C)(C)C)cc1C(=O)Nc1ccc(C)c(-c2cc(C(=O)NCC3CCCO3)[nH]n2)c1. The summed E-state index contributed by atoms with van der Waals surface area (Å²) < 4.78 is 11.0. The number of nitrogens with one attached hydrogen (secondary N) is 3. The first-order valence-electron chi connectivity index (χ1n) is 12.2. The third kappa shape index (κ3) is 5.76. The summed E-state index contributed by atoms with van der Waals surface area (Å²) in [5.74, 6) is 0.0277. The first-order valence-corrected chi connectivity index (χ1v) is 12.2. The fraction of sp³-hybridized carbons (Fsp3) is 0.393. The molecule has 8 heteroatoms. The van der Waals surface area contributed by atoms with Gasteiger partial charge in [0.25, 0.3) is 11.8 Å². The smallest absolute Gasteiger partial charge is 0.269 e. The molecule has 2 amide bonds. The lowest BCUT2D eigenvalue weighted by Crippen LogP contribution is -2.31. The van der Waals surface area contributed by atoms with Gasteiger partial charge in [-0.1, -0.05) is 32.9 Å². The molecule has 0 spiro atoms. The van der Waals surface area contributed by atoms with Crippen molar-refractivity contribution in [3.8, 4) is 17.0 Å². The van der Waals surface area contributed by atoms with Gasteiger partial charge in [0.05, 0.1) is 24.5 Å². The Hall–Kier alpha value is -3.65. The fourth-order valence-corrected chi connectivity index (χ4v) is 4.21. The molecule has 1 unspecified atom stereocenters. The Morgan fingerprint density at radius 2 is 1.94 bits per heavy atom. The van der Waals surface area contributed by atoms with Gasteiger partial charge < -0.3 is 20.1 Å². The molecule has 2 heterocycles. The van der Waals surface area contributed by atoms with E-state index in [-0.39, 0.29) is 23.3 Å². The highest BCUT2D eigenvalue weighted by Crippen LogP contribution is 2.30. The van der Waals surface area contributed by atoms with Crippen LogP contribution in [0.5, 0.6) is 5.75 Å². The van der Waals surface area contributed by atoms with Crippen LogP contribution < -0.4 is 15.4 Å². The molecule has 0 bridgehead atoms. The van der Waals surface area contributed by atoms with E-state index in [0.717, 1.165) is 36.1 Å². The van der Waals surface area contributed by atoms with Gasteiger partial charge in [0, 0.05) is 24.4 Å². The predicted molar refractivity (Wildman–Crippen MR) is 140 cm³/mol. The van der Waals surface area contributed by atoms with Gasteiger partial charge >= 0.3 is 0 Å². The average molecular weight is 491 g/mol. The zero-order valence-electron chi connectivity index (χ0n) is 21.5. The highest BCUT2D eigenvalue weighted by atomic mass is 16.5. The summed E-state index contributed by atoms with van der Waals surface area (Å²) in [7, 11) is 1.55. The number of carbonyl (C=O) groups excluding carboxylic acids is 2. The van der Waals surface area contributed by atoms with E-state index in [0.29, 0.717) is 34.9 Å². The minimum absolute atomic E-state index is 0.0709. The van der Waals surface area contributed by atoms with Gasteiger partial charge in [0.15, 0.2) is 0 Å². The number of rotatable bonds is 7. The van der Waals surface area contributed by atoms with E-state index in [9.17, 15) is 9.59 Å². The van der Waals surface area contributed by atoms with Crippen LogP contribution in [0.15, 0.2) is 42.5 Å². The number of benzene rings is 2. The minimum Gasteiger partial charge on any atom is -0.496 e. The zero-order valence-corrected chi connectivity index (χ0v) is 21.5. The van der Waals surface area contributed by atoms with Crippen molar-refractivity contribution < 1.29 is 19.1 Å². The molecule has 8 nitrogen and oxygen atoms in total. The molecule has 3 aromatic rings. The maximum Gasteiger partial charge on any atom is 0.269 e. The van der Waals surface area contributed by atoms with E-state index in [1.165, 1.54) is 0 Å². The van der Waals surface area contributed by atoms with Crippen LogP contribution >= 0.6 is 0 Å². The third-order valence-corrected chi connectivity index (χ3v) is 6.42. The lowest BCUT2D eigenvalue weighted by atomic mass is 9.86. The van der Waals surface area contributed by atoms with Crippen LogP contribution in [0.3, 0.4) is 0 Å². The van der Waals surface area contributed by atoms with E-state index in [4.69, 9.17) is 9.47 Å². The number of H-pyrrole nitrogens is 1. The Morgan fingerprint density at radius 3 is 2.64 bits per heavy atom. The third-order valence-electron chi connectivity index (χ3n) is 6.42. The normalized spacial score (nSPS) is 15.5. The number of carbonyl (C=O) groups is 2. The summed E-state index contributed by atoms with van der Waals surface area (Å²) in [4.78, 5) is 25.8. The van der Waals surface area contributed by atoms with Crippen LogP contribution in [0, 0.1) is 6.92 Å². The van der Waals surface area contributed by atoms with Crippen molar-refractivity contribution in [2.24, 2.45) is 0 Å². The van der Waals surface area contributed by atoms with Crippen molar-refractivity contribution in [1.29, 1.82) is 0 Å². The Balaban J connectivity index is 1.51. The first-order chi connectivity index (χ1) is 17.2. The Morgan fingerprint density at radius 1 is 1.14 bits per heavy atom. The molecule has 1 aliphatic heterocycles. The fourth-order valence-electron chi connectivity index (χ4n) is 4.21. The van der Waals surface area contributed by atoms with Crippen molar-refractivity contribution in [3.63, 3.8) is 0 Å². The van der Waals surface area contributed by atoms with Crippen LogP contribution in [0.25, 0.3) is 11.3 Å². The Labute approximate surface area is 211 Å². The van der Waals surface area contributed by atoms with Crippen LogP contribution in [0.2, 0.25) is 0 Å². The molecule has 1 fully saturated rings. The molecule has 0 saturated carbocycles. The average Bonchev–Trinajstić information content (AvgIpc) is 3.55. The monoisotopic (exact) mass is 490 g/mol. The second kappa shape index (κ2) is 10.5. The molecular formula is C28H34N4O4. The largest absolute Gasteiger partial charge is 0.496 e. The summed E-state index contributed by atoms with van der Waals surface area (Å²) in [6.45, 7) is 9.49. The lowest BCUT2D eigenvalue weighted by molar-refractivity contribution is 0.0853. The first kappa shape index (κ1) is 25.4. The van der Waals surface area contributed by atoms with Gasteiger partial charge in [0.2, 0.25) is 0 Å². The molecule has 36 heavy (non-hydrogen) atoms. The van der Waals surface area contributed by atoms with E-state index in [1.54, 1.807) is 13.2 Å². The number of hydrogen-bond acceptors (Lipinski definition) is 5. The predicted octanol–water partition coefficient (Wildman–Crippen LogP) is 4.85. The lowest BCUT2D eigenvalue weighted by Gasteiger charge is -2.21. The highest BCUT2D eigenvalue weighted by Gasteiger charge is 2.21. The van der Waals surface area contributed by atoms with E-state index >= 15 is 0 Å². The molecule has 4 rings (SSSR count). The van der Waals surface area contributed by atoms with Gasteiger partial charge in [-0.3, -0.25) is 14.7 Å². The second-order valence-electron chi connectivity index (χ2n) is 10.2. The number of methoxy groups -OCH3 is 1. The van der Waals surface area contributed by atoms with Gasteiger partial charge in [-0.2, -0.15) is 5.10 Å². The summed E-state index contributed by atoms with van der Waals surface area (Å²) in [5, 5.41) is 13.0. The number of anilines is 1. The van der Waals surface area contributed by atoms with Gasteiger partial charge in [-0.05, 0) is 66.6 Å². The number of ether oxygens (including phenoxy) is 2. The number of amides is 2.